The second kappa shape index (κ2) is 5.55. The molecule has 1 aliphatic heterocycles. The minimum Gasteiger partial charge on any atom is -0.463 e. The maximum atomic E-state index is 10.9. The highest BCUT2D eigenvalue weighted by Gasteiger charge is 2.43. The van der Waals surface area contributed by atoms with E-state index in [0.717, 1.165) is 0 Å². The molecule has 1 heterocycles. The molecule has 0 bridgehead atoms. The number of ether oxygens (including phenoxy) is 2. The van der Waals surface area contributed by atoms with E-state index in [1.807, 2.05) is 0 Å². The molecule has 0 saturated carbocycles. The second-order valence-corrected chi connectivity index (χ2v) is 3.57. The van der Waals surface area contributed by atoms with E-state index in [2.05, 4.69) is 0 Å². The zero-order chi connectivity index (χ0) is 12.3. The van der Waals surface area contributed by atoms with Crippen molar-refractivity contribution < 1.29 is 34.7 Å². The number of esters is 1. The molecule has 0 radical (unpaired) electrons. The maximum absolute atomic E-state index is 10.9. The molecule has 0 aliphatic carbocycles. The van der Waals surface area contributed by atoms with Crippen LogP contribution < -0.4 is 0 Å². The van der Waals surface area contributed by atoms with Crippen molar-refractivity contribution in [2.75, 3.05) is 6.61 Å². The van der Waals surface area contributed by atoms with E-state index in [4.69, 9.17) is 14.6 Å². The number of hydrogen-bond donors (Lipinski definition) is 4. The van der Waals surface area contributed by atoms with Gasteiger partial charge in [0.25, 0.3) is 0 Å². The fourth-order valence-corrected chi connectivity index (χ4v) is 1.35. The Kier molecular flexibility index (Phi) is 4.63. The third-order valence-electron chi connectivity index (χ3n) is 2.38. The molecule has 1 aliphatic rings. The van der Waals surface area contributed by atoms with E-state index < -0.39 is 36.7 Å². The van der Waals surface area contributed by atoms with Crippen LogP contribution in [0.5, 0.6) is 0 Å². The Hall–Kier alpha value is -0.730. The van der Waals surface area contributed by atoms with Gasteiger partial charge in [-0.15, -0.1) is 0 Å². The number of carbonyl (C=O) groups is 1. The van der Waals surface area contributed by atoms with Gasteiger partial charge in [-0.25, -0.2) is 0 Å². The third kappa shape index (κ3) is 2.89. The molecule has 1 fully saturated rings. The van der Waals surface area contributed by atoms with Gasteiger partial charge in [-0.3, -0.25) is 4.79 Å². The summed E-state index contributed by atoms with van der Waals surface area (Å²) in [6, 6.07) is 0. The third-order valence-corrected chi connectivity index (χ3v) is 2.38. The summed E-state index contributed by atoms with van der Waals surface area (Å²) in [7, 11) is 0. The first kappa shape index (κ1) is 13.3. The molecule has 0 amide bonds. The first-order valence-electron chi connectivity index (χ1n) is 5.00. The number of aliphatic hydroxyl groups excluding tert-OH is 4. The van der Waals surface area contributed by atoms with Crippen molar-refractivity contribution in [1.29, 1.82) is 0 Å². The fraction of sp³-hybridized carbons (Fsp3) is 0.889. The van der Waals surface area contributed by atoms with Gasteiger partial charge in [-0.2, -0.15) is 0 Å². The van der Waals surface area contributed by atoms with E-state index in [-0.39, 0.29) is 13.0 Å². The zero-order valence-corrected chi connectivity index (χ0v) is 8.81. The Morgan fingerprint density at radius 1 is 1.19 bits per heavy atom. The topological polar surface area (TPSA) is 116 Å². The lowest BCUT2D eigenvalue weighted by atomic mass is 9.99. The predicted octanol–water partition coefficient (Wildman–Crippen LogP) is -2.26. The summed E-state index contributed by atoms with van der Waals surface area (Å²) in [5, 5.41) is 37.1. The smallest absolute Gasteiger partial charge is 0.305 e. The van der Waals surface area contributed by atoms with Crippen molar-refractivity contribution in [2.24, 2.45) is 0 Å². The molecule has 4 N–H and O–H groups in total. The van der Waals surface area contributed by atoms with Gasteiger partial charge in [0.2, 0.25) is 0 Å². The van der Waals surface area contributed by atoms with Crippen molar-refractivity contribution in [2.45, 2.75) is 44.1 Å². The van der Waals surface area contributed by atoms with Crippen LogP contribution in [0.15, 0.2) is 0 Å². The molecule has 0 aromatic rings. The van der Waals surface area contributed by atoms with Crippen LogP contribution in [0.25, 0.3) is 0 Å². The van der Waals surface area contributed by atoms with Crippen LogP contribution in [0.4, 0.5) is 0 Å². The second-order valence-electron chi connectivity index (χ2n) is 3.57. The summed E-state index contributed by atoms with van der Waals surface area (Å²) < 4.78 is 9.50. The van der Waals surface area contributed by atoms with Gasteiger partial charge in [0.15, 0.2) is 6.29 Å². The van der Waals surface area contributed by atoms with Crippen LogP contribution in [0.2, 0.25) is 0 Å². The molecule has 16 heavy (non-hydrogen) atoms. The van der Waals surface area contributed by atoms with Gasteiger partial charge >= 0.3 is 5.97 Å². The lowest BCUT2D eigenvalue weighted by Crippen LogP contribution is -2.58. The Bertz CT molecular complexity index is 244. The number of aliphatic hydroxyl groups is 4. The van der Waals surface area contributed by atoms with Crippen molar-refractivity contribution in [3.8, 4) is 0 Å². The maximum Gasteiger partial charge on any atom is 0.305 e. The summed E-state index contributed by atoms with van der Waals surface area (Å²) in [4.78, 5) is 10.9. The highest BCUT2D eigenvalue weighted by atomic mass is 16.6. The van der Waals surface area contributed by atoms with E-state index in [1.165, 1.54) is 0 Å². The lowest BCUT2D eigenvalue weighted by Gasteiger charge is -2.37. The molecule has 5 atom stereocenters. The molecule has 0 aromatic carbocycles. The summed E-state index contributed by atoms with van der Waals surface area (Å²) in [6.45, 7) is 1.32. The normalized spacial score (nSPS) is 39.4. The van der Waals surface area contributed by atoms with E-state index in [9.17, 15) is 20.1 Å². The van der Waals surface area contributed by atoms with Gasteiger partial charge in [0.05, 0.1) is 0 Å². The number of hydrogen-bond acceptors (Lipinski definition) is 7. The van der Waals surface area contributed by atoms with Crippen molar-refractivity contribution >= 4 is 5.97 Å². The summed E-state index contributed by atoms with van der Waals surface area (Å²) in [5.41, 5.74) is 0. The first-order chi connectivity index (χ1) is 7.47. The van der Waals surface area contributed by atoms with Gasteiger partial charge < -0.3 is 29.9 Å². The number of carbonyl (C=O) groups excluding carboxylic acids is 1. The van der Waals surface area contributed by atoms with Crippen LogP contribution in [0, 0.1) is 0 Å². The first-order valence-corrected chi connectivity index (χ1v) is 5.00. The Labute approximate surface area is 92.2 Å². The minimum atomic E-state index is -1.61. The van der Waals surface area contributed by atoms with Gasteiger partial charge in [-0.05, 0) is 0 Å². The molecule has 0 spiro atoms. The standard InChI is InChI=1S/C9H16O7/c1-2-5(10)15-3-4-6(11)7(12)8(13)9(14)16-4/h4,6-9,11-14H,2-3H2,1H3/t4-,6-,7+,8+,9?/m1/s1. The largest absolute Gasteiger partial charge is 0.463 e. The van der Waals surface area contributed by atoms with E-state index in [1.54, 1.807) is 6.92 Å². The monoisotopic (exact) mass is 236 g/mol. The number of rotatable bonds is 3. The molecule has 1 unspecified atom stereocenters. The van der Waals surface area contributed by atoms with E-state index >= 15 is 0 Å². The molecule has 7 nitrogen and oxygen atoms in total. The highest BCUT2D eigenvalue weighted by Crippen LogP contribution is 2.20. The van der Waals surface area contributed by atoms with Crippen molar-refractivity contribution in [3.63, 3.8) is 0 Å². The van der Waals surface area contributed by atoms with E-state index in [0.29, 0.717) is 0 Å². The highest BCUT2D eigenvalue weighted by molar-refractivity contribution is 5.68. The molecule has 7 heteroatoms. The van der Waals surface area contributed by atoms with Crippen LogP contribution >= 0.6 is 0 Å². The van der Waals surface area contributed by atoms with Crippen molar-refractivity contribution in [3.05, 3.63) is 0 Å². The van der Waals surface area contributed by atoms with Gasteiger partial charge in [-0.1, -0.05) is 6.92 Å². The lowest BCUT2D eigenvalue weighted by molar-refractivity contribution is -0.287. The van der Waals surface area contributed by atoms with Crippen LogP contribution in [-0.4, -0.2) is 63.7 Å². The Morgan fingerprint density at radius 2 is 1.81 bits per heavy atom. The zero-order valence-electron chi connectivity index (χ0n) is 8.81. The molecular weight excluding hydrogens is 220 g/mol. The predicted molar refractivity (Wildman–Crippen MR) is 50.2 cm³/mol. The average Bonchev–Trinajstić information content (AvgIpc) is 2.28. The van der Waals surface area contributed by atoms with Crippen LogP contribution in [-0.2, 0) is 14.3 Å². The molecule has 1 saturated heterocycles. The Balaban J connectivity index is 2.50. The fourth-order valence-electron chi connectivity index (χ4n) is 1.35. The van der Waals surface area contributed by atoms with Crippen LogP contribution in [0.3, 0.4) is 0 Å². The average molecular weight is 236 g/mol. The molecular formula is C9H16O7. The summed E-state index contributed by atoms with van der Waals surface area (Å²) >= 11 is 0. The quantitative estimate of drug-likeness (QED) is 0.408. The Morgan fingerprint density at radius 3 is 2.38 bits per heavy atom. The SMILES string of the molecule is CCC(=O)OC[C@H]1OC(O)[C@@H](O)[C@@H](O)[C@@H]1O. The molecule has 1 rings (SSSR count). The molecule has 94 valence electrons. The van der Waals surface area contributed by atoms with Crippen LogP contribution in [0.1, 0.15) is 13.3 Å². The summed E-state index contributed by atoms with van der Waals surface area (Å²) in [5.74, 6) is -0.481. The molecule has 0 aromatic heterocycles. The summed E-state index contributed by atoms with van der Waals surface area (Å²) in [6.07, 6.45) is -7.01. The minimum absolute atomic E-state index is 0.177. The van der Waals surface area contributed by atoms with Crippen molar-refractivity contribution in [1.82, 2.24) is 0 Å². The van der Waals surface area contributed by atoms with Gasteiger partial charge in [0, 0.05) is 6.42 Å². The van der Waals surface area contributed by atoms with Gasteiger partial charge in [0.1, 0.15) is 31.0 Å².